The lowest BCUT2D eigenvalue weighted by Gasteiger charge is -2.24. The van der Waals surface area contributed by atoms with Crippen molar-refractivity contribution in [3.05, 3.63) is 0 Å². The number of nitrogens with one attached hydrogen (secondary N) is 2. The van der Waals surface area contributed by atoms with Gasteiger partial charge in [-0.05, 0) is 52.8 Å². The average Bonchev–Trinajstić information content (AvgIpc) is 2.91. The molecule has 0 aliphatic carbocycles. The maximum Gasteiger partial charge on any atom is 0.191 e. The van der Waals surface area contributed by atoms with Gasteiger partial charge in [0.05, 0.1) is 6.54 Å². The molecule has 0 radical (unpaired) electrons. The Bertz CT molecular complexity index is 313. The van der Waals surface area contributed by atoms with Crippen LogP contribution >= 0.6 is 11.8 Å². The summed E-state index contributed by atoms with van der Waals surface area (Å²) < 4.78 is 0.343. The first-order valence-corrected chi connectivity index (χ1v) is 9.35. The van der Waals surface area contributed by atoms with E-state index in [0.717, 1.165) is 32.1 Å². The summed E-state index contributed by atoms with van der Waals surface area (Å²) in [4.78, 5) is 7.18. The van der Waals surface area contributed by atoms with Crippen LogP contribution in [0.2, 0.25) is 0 Å². The maximum atomic E-state index is 4.78. The summed E-state index contributed by atoms with van der Waals surface area (Å²) in [6.45, 7) is 12.8. The molecule has 21 heavy (non-hydrogen) atoms. The van der Waals surface area contributed by atoms with E-state index in [0.29, 0.717) is 10.8 Å². The number of nitrogens with zero attached hydrogens (tertiary/aromatic N) is 2. The quantitative estimate of drug-likeness (QED) is 0.533. The Morgan fingerprint density at radius 3 is 2.71 bits per heavy atom. The summed E-state index contributed by atoms with van der Waals surface area (Å²) in [5.41, 5.74) is 0. The fourth-order valence-electron chi connectivity index (χ4n) is 2.43. The minimum Gasteiger partial charge on any atom is -0.357 e. The number of hydrogen-bond acceptors (Lipinski definition) is 3. The number of guanidine groups is 1. The van der Waals surface area contributed by atoms with Gasteiger partial charge < -0.3 is 15.5 Å². The van der Waals surface area contributed by atoms with E-state index in [9.17, 15) is 0 Å². The highest BCUT2D eigenvalue weighted by molar-refractivity contribution is 8.00. The summed E-state index contributed by atoms with van der Waals surface area (Å²) in [5.74, 6) is 2.25. The first kappa shape index (κ1) is 18.6. The number of likely N-dealkylation sites (N-methyl/N-ethyl adjacent to an activating group) is 1. The van der Waals surface area contributed by atoms with Crippen LogP contribution in [0.15, 0.2) is 4.99 Å². The molecule has 1 rings (SSSR count). The molecule has 2 atom stereocenters. The van der Waals surface area contributed by atoms with Crippen LogP contribution in [0.4, 0.5) is 0 Å². The molecule has 124 valence electrons. The molecule has 0 bridgehead atoms. The first-order chi connectivity index (χ1) is 10.0. The molecule has 0 spiro atoms. The normalized spacial score (nSPS) is 24.4. The number of hydrogen-bond donors (Lipinski definition) is 2. The van der Waals surface area contributed by atoms with Crippen molar-refractivity contribution in [1.82, 2.24) is 15.5 Å². The van der Waals surface area contributed by atoms with Crippen molar-refractivity contribution in [2.24, 2.45) is 4.99 Å². The van der Waals surface area contributed by atoms with Crippen LogP contribution in [0.5, 0.6) is 0 Å². The molecule has 0 aromatic carbocycles. The second kappa shape index (κ2) is 9.57. The van der Waals surface area contributed by atoms with Gasteiger partial charge in [0.25, 0.3) is 0 Å². The van der Waals surface area contributed by atoms with Crippen LogP contribution in [0.1, 0.15) is 47.0 Å². The topological polar surface area (TPSA) is 39.7 Å². The van der Waals surface area contributed by atoms with Crippen LogP contribution in [-0.4, -0.2) is 60.6 Å². The number of rotatable bonds is 8. The van der Waals surface area contributed by atoms with Gasteiger partial charge in [0, 0.05) is 30.4 Å². The highest BCUT2D eigenvalue weighted by Gasteiger charge is 2.29. The molecule has 0 amide bonds. The lowest BCUT2D eigenvalue weighted by molar-refractivity contribution is 0.255. The van der Waals surface area contributed by atoms with E-state index in [1.807, 2.05) is 0 Å². The van der Waals surface area contributed by atoms with Gasteiger partial charge in [-0.2, -0.15) is 11.8 Å². The van der Waals surface area contributed by atoms with Gasteiger partial charge in [0.1, 0.15) is 0 Å². The molecule has 0 saturated carbocycles. The van der Waals surface area contributed by atoms with Gasteiger partial charge in [-0.15, -0.1) is 0 Å². The van der Waals surface area contributed by atoms with Crippen molar-refractivity contribution in [3.8, 4) is 0 Å². The zero-order valence-electron chi connectivity index (χ0n) is 14.5. The van der Waals surface area contributed by atoms with E-state index in [2.05, 4.69) is 62.0 Å². The van der Waals surface area contributed by atoms with Crippen molar-refractivity contribution in [3.63, 3.8) is 0 Å². The Hall–Kier alpha value is -0.420. The summed E-state index contributed by atoms with van der Waals surface area (Å²) in [5, 5.41) is 6.81. The van der Waals surface area contributed by atoms with Crippen molar-refractivity contribution in [1.29, 1.82) is 0 Å². The van der Waals surface area contributed by atoms with E-state index in [1.165, 1.54) is 25.0 Å². The highest BCUT2D eigenvalue weighted by atomic mass is 32.2. The lowest BCUT2D eigenvalue weighted by atomic mass is 10.1. The predicted molar refractivity (Wildman–Crippen MR) is 96.5 cm³/mol. The summed E-state index contributed by atoms with van der Waals surface area (Å²) in [6.07, 6.45) is 3.82. The molecule has 1 saturated heterocycles. The van der Waals surface area contributed by atoms with Crippen LogP contribution in [0, 0.1) is 0 Å². The molecule has 0 aromatic heterocycles. The smallest absolute Gasteiger partial charge is 0.191 e. The van der Waals surface area contributed by atoms with Crippen molar-refractivity contribution in [2.45, 2.75) is 57.7 Å². The van der Waals surface area contributed by atoms with Crippen LogP contribution in [-0.2, 0) is 0 Å². The average molecular weight is 315 g/mol. The third kappa shape index (κ3) is 6.92. The third-order valence-electron chi connectivity index (χ3n) is 4.32. The number of aliphatic imine (C=N–C) groups is 1. The Labute approximate surface area is 135 Å². The molecule has 1 aliphatic heterocycles. The molecule has 0 aromatic rings. The predicted octanol–water partition coefficient (Wildman–Crippen LogP) is 2.56. The zero-order chi connectivity index (χ0) is 15.7. The monoisotopic (exact) mass is 314 g/mol. The van der Waals surface area contributed by atoms with Gasteiger partial charge in [-0.1, -0.05) is 6.92 Å². The van der Waals surface area contributed by atoms with E-state index in [4.69, 9.17) is 4.99 Å². The summed E-state index contributed by atoms with van der Waals surface area (Å²) in [6, 6.07) is 0.639. The van der Waals surface area contributed by atoms with Gasteiger partial charge >= 0.3 is 0 Å². The summed E-state index contributed by atoms with van der Waals surface area (Å²) in [7, 11) is 2.19. The van der Waals surface area contributed by atoms with Gasteiger partial charge in [-0.3, -0.25) is 4.99 Å². The molecular weight excluding hydrogens is 280 g/mol. The van der Waals surface area contributed by atoms with E-state index < -0.39 is 0 Å². The Morgan fingerprint density at radius 1 is 1.38 bits per heavy atom. The maximum absolute atomic E-state index is 4.78. The van der Waals surface area contributed by atoms with Gasteiger partial charge in [0.2, 0.25) is 0 Å². The lowest BCUT2D eigenvalue weighted by Crippen LogP contribution is -2.43. The molecule has 5 heteroatoms. The molecule has 1 heterocycles. The second-order valence-electron chi connectivity index (χ2n) is 6.26. The Balaban J connectivity index is 2.38. The molecular formula is C16H34N4S. The molecule has 4 nitrogen and oxygen atoms in total. The van der Waals surface area contributed by atoms with Gasteiger partial charge in [0.15, 0.2) is 5.96 Å². The van der Waals surface area contributed by atoms with Gasteiger partial charge in [-0.25, -0.2) is 0 Å². The van der Waals surface area contributed by atoms with E-state index in [-0.39, 0.29) is 0 Å². The minimum absolute atomic E-state index is 0.343. The standard InChI is InChI=1S/C16H34N4S/c1-6-14(3)20(5)11-10-18-15(17-7-2)19-13-16(4)9-8-12-21-16/h14H,6-13H2,1-5H3,(H2,17,18,19). The molecule has 2 N–H and O–H groups in total. The van der Waals surface area contributed by atoms with Crippen molar-refractivity contribution in [2.75, 3.05) is 39.0 Å². The Morgan fingerprint density at radius 2 is 2.14 bits per heavy atom. The van der Waals surface area contributed by atoms with E-state index in [1.54, 1.807) is 0 Å². The summed E-state index contributed by atoms with van der Waals surface area (Å²) >= 11 is 2.07. The fraction of sp³-hybridized carbons (Fsp3) is 0.938. The van der Waals surface area contributed by atoms with Crippen molar-refractivity contribution < 1.29 is 0 Å². The largest absolute Gasteiger partial charge is 0.357 e. The third-order valence-corrected chi connectivity index (χ3v) is 5.84. The highest BCUT2D eigenvalue weighted by Crippen LogP contribution is 2.37. The van der Waals surface area contributed by atoms with Crippen LogP contribution < -0.4 is 10.6 Å². The minimum atomic E-state index is 0.343. The van der Waals surface area contributed by atoms with E-state index >= 15 is 0 Å². The first-order valence-electron chi connectivity index (χ1n) is 8.37. The van der Waals surface area contributed by atoms with Crippen LogP contribution in [0.3, 0.4) is 0 Å². The SMILES string of the molecule is CCNC(=NCC1(C)CCCS1)NCCN(C)C(C)CC. The molecule has 2 unspecified atom stereocenters. The fourth-order valence-corrected chi connectivity index (χ4v) is 3.66. The second-order valence-corrected chi connectivity index (χ2v) is 7.94. The Kier molecular flexibility index (Phi) is 8.49. The number of thioether (sulfide) groups is 1. The zero-order valence-corrected chi connectivity index (χ0v) is 15.4. The van der Waals surface area contributed by atoms with Crippen molar-refractivity contribution >= 4 is 17.7 Å². The van der Waals surface area contributed by atoms with Crippen LogP contribution in [0.25, 0.3) is 0 Å². The molecule has 1 aliphatic rings. The molecule has 1 fully saturated rings.